The van der Waals surface area contributed by atoms with Gasteiger partial charge in [-0.05, 0) is 52.0 Å². The number of hydrogen-bond acceptors (Lipinski definition) is 4. The first-order valence-electron chi connectivity index (χ1n) is 8.72. The highest BCUT2D eigenvalue weighted by molar-refractivity contribution is 7.09. The van der Waals surface area contributed by atoms with Crippen LogP contribution >= 0.6 is 23.7 Å². The van der Waals surface area contributed by atoms with Gasteiger partial charge in [0.2, 0.25) is 5.91 Å². The van der Waals surface area contributed by atoms with Crippen molar-refractivity contribution in [2.24, 2.45) is 5.92 Å². The maximum atomic E-state index is 12.4. The van der Waals surface area contributed by atoms with Crippen molar-refractivity contribution in [3.8, 4) is 0 Å². The van der Waals surface area contributed by atoms with E-state index >= 15 is 0 Å². The molecule has 0 atom stereocenters. The second kappa shape index (κ2) is 8.50. The van der Waals surface area contributed by atoms with Crippen LogP contribution in [0.15, 0.2) is 4.79 Å². The van der Waals surface area contributed by atoms with Gasteiger partial charge in [0.15, 0.2) is 0 Å². The Morgan fingerprint density at radius 1 is 1.21 bits per heavy atom. The molecule has 1 aliphatic heterocycles. The molecule has 1 aromatic rings. The number of nitrogens with one attached hydrogen (secondary N) is 1. The molecule has 1 aromatic heterocycles. The Morgan fingerprint density at radius 2 is 1.88 bits per heavy atom. The Kier molecular flexibility index (Phi) is 6.89. The summed E-state index contributed by atoms with van der Waals surface area (Å²) in [4.78, 5) is 27.3. The van der Waals surface area contributed by atoms with Gasteiger partial charge in [-0.15, -0.1) is 12.4 Å². The minimum absolute atomic E-state index is 0. The number of aromatic nitrogens is 1. The Hall–Kier alpha value is -0.850. The lowest BCUT2D eigenvalue weighted by atomic mass is 10.0. The molecule has 0 bridgehead atoms. The molecule has 1 amide bonds. The Bertz CT molecular complexity index is 616. The van der Waals surface area contributed by atoms with Crippen LogP contribution in [0.4, 0.5) is 0 Å². The Labute approximate surface area is 153 Å². The van der Waals surface area contributed by atoms with Gasteiger partial charge in [0.1, 0.15) is 0 Å². The SMILES string of the molecule is Cc1sc(=O)n(CCC(=O)N2CCC(NCC3CC3)CC2)c1C.Cl. The molecule has 136 valence electrons. The van der Waals surface area contributed by atoms with Crippen molar-refractivity contribution in [3.63, 3.8) is 0 Å². The summed E-state index contributed by atoms with van der Waals surface area (Å²) < 4.78 is 1.74. The zero-order chi connectivity index (χ0) is 16.4. The van der Waals surface area contributed by atoms with Crippen LogP contribution in [0, 0.1) is 19.8 Å². The molecule has 1 aliphatic carbocycles. The minimum Gasteiger partial charge on any atom is -0.343 e. The van der Waals surface area contributed by atoms with Gasteiger partial charge in [-0.1, -0.05) is 11.3 Å². The summed E-state index contributed by atoms with van der Waals surface area (Å²) in [5.41, 5.74) is 0.996. The average molecular weight is 374 g/mol. The molecule has 1 N–H and O–H groups in total. The quantitative estimate of drug-likeness (QED) is 0.832. The van der Waals surface area contributed by atoms with Crippen LogP contribution in [0.1, 0.15) is 42.7 Å². The maximum Gasteiger partial charge on any atom is 0.307 e. The highest BCUT2D eigenvalue weighted by atomic mass is 35.5. The lowest BCUT2D eigenvalue weighted by Crippen LogP contribution is -2.45. The van der Waals surface area contributed by atoms with Crippen molar-refractivity contribution in [3.05, 3.63) is 20.2 Å². The first kappa shape index (κ1) is 19.5. The van der Waals surface area contributed by atoms with Gasteiger partial charge in [0, 0.05) is 42.7 Å². The van der Waals surface area contributed by atoms with Gasteiger partial charge in [-0.2, -0.15) is 0 Å². The van der Waals surface area contributed by atoms with E-state index in [-0.39, 0.29) is 23.2 Å². The molecule has 0 spiro atoms. The summed E-state index contributed by atoms with van der Waals surface area (Å²) in [6.07, 6.45) is 5.29. The highest BCUT2D eigenvalue weighted by Crippen LogP contribution is 2.28. The van der Waals surface area contributed by atoms with E-state index in [4.69, 9.17) is 0 Å². The largest absolute Gasteiger partial charge is 0.343 e. The number of nitrogens with zero attached hydrogens (tertiary/aromatic N) is 2. The number of halogens is 1. The number of piperidine rings is 1. The zero-order valence-electron chi connectivity index (χ0n) is 14.5. The minimum atomic E-state index is 0. The highest BCUT2D eigenvalue weighted by Gasteiger charge is 2.25. The number of thiazole rings is 1. The van der Waals surface area contributed by atoms with Crippen LogP contribution in [-0.2, 0) is 11.3 Å². The molecule has 1 saturated carbocycles. The standard InChI is InChI=1S/C17H27N3O2S.ClH/c1-12-13(2)23-17(22)20(12)10-7-16(21)19-8-5-15(6-9-19)18-11-14-3-4-14;/h14-15,18H,3-11H2,1-2H3;1H. The maximum absolute atomic E-state index is 12.4. The molecule has 7 heteroatoms. The van der Waals surface area contributed by atoms with Crippen LogP contribution < -0.4 is 10.2 Å². The van der Waals surface area contributed by atoms with Crippen LogP contribution in [0.3, 0.4) is 0 Å². The molecule has 0 aromatic carbocycles. The Morgan fingerprint density at radius 3 is 2.42 bits per heavy atom. The summed E-state index contributed by atoms with van der Waals surface area (Å²) in [6.45, 7) is 7.26. The summed E-state index contributed by atoms with van der Waals surface area (Å²) >= 11 is 1.27. The predicted octanol–water partition coefficient (Wildman–Crippen LogP) is 2.33. The summed E-state index contributed by atoms with van der Waals surface area (Å²) in [5.74, 6) is 1.09. The van der Waals surface area contributed by atoms with E-state index < -0.39 is 0 Å². The molecular weight excluding hydrogens is 346 g/mol. The first-order valence-corrected chi connectivity index (χ1v) is 9.54. The van der Waals surface area contributed by atoms with Crippen molar-refractivity contribution < 1.29 is 4.79 Å². The van der Waals surface area contributed by atoms with E-state index in [9.17, 15) is 9.59 Å². The lowest BCUT2D eigenvalue weighted by Gasteiger charge is -2.32. The van der Waals surface area contributed by atoms with Crippen molar-refractivity contribution >= 4 is 29.7 Å². The van der Waals surface area contributed by atoms with Crippen molar-refractivity contribution in [2.75, 3.05) is 19.6 Å². The molecule has 3 rings (SSSR count). The molecule has 2 aliphatic rings. The van der Waals surface area contributed by atoms with Crippen molar-refractivity contribution in [1.29, 1.82) is 0 Å². The van der Waals surface area contributed by atoms with E-state index in [0.717, 1.165) is 49.0 Å². The van der Waals surface area contributed by atoms with Gasteiger partial charge in [-0.3, -0.25) is 9.59 Å². The smallest absolute Gasteiger partial charge is 0.307 e. The molecule has 5 nitrogen and oxygen atoms in total. The van der Waals surface area contributed by atoms with Crippen molar-refractivity contribution in [1.82, 2.24) is 14.8 Å². The van der Waals surface area contributed by atoms with Gasteiger partial charge < -0.3 is 14.8 Å². The van der Waals surface area contributed by atoms with Crippen LogP contribution in [0.2, 0.25) is 0 Å². The molecule has 24 heavy (non-hydrogen) atoms. The third-order valence-corrected chi connectivity index (χ3v) is 6.16. The number of carbonyl (C=O) groups excluding carboxylic acids is 1. The third-order valence-electron chi connectivity index (χ3n) is 5.16. The molecule has 1 saturated heterocycles. The van der Waals surface area contributed by atoms with E-state index in [1.807, 2.05) is 18.7 Å². The zero-order valence-corrected chi connectivity index (χ0v) is 16.2. The number of likely N-dealkylation sites (tertiary alicyclic amines) is 1. The van der Waals surface area contributed by atoms with Gasteiger partial charge >= 0.3 is 4.87 Å². The fraction of sp³-hybridized carbons (Fsp3) is 0.765. The fourth-order valence-corrected chi connectivity index (χ4v) is 4.06. The van der Waals surface area contributed by atoms with Gasteiger partial charge in [0.25, 0.3) is 0 Å². The molecule has 2 heterocycles. The second-order valence-electron chi connectivity index (χ2n) is 6.92. The predicted molar refractivity (Wildman–Crippen MR) is 100 cm³/mol. The Balaban J connectivity index is 0.00000208. The first-order chi connectivity index (χ1) is 11.0. The summed E-state index contributed by atoms with van der Waals surface area (Å²) in [6, 6.07) is 0.573. The second-order valence-corrected chi connectivity index (χ2v) is 8.08. The molecule has 0 unspecified atom stereocenters. The number of hydrogen-bond donors (Lipinski definition) is 1. The number of carbonyl (C=O) groups is 1. The average Bonchev–Trinajstić information content (AvgIpc) is 3.33. The van der Waals surface area contributed by atoms with Gasteiger partial charge in [-0.25, -0.2) is 0 Å². The number of amides is 1. The van der Waals surface area contributed by atoms with Crippen LogP contribution in [0.5, 0.6) is 0 Å². The number of aryl methyl sites for hydroxylation is 1. The molecular formula is C17H28ClN3O2S. The normalized spacial score (nSPS) is 18.5. The monoisotopic (exact) mass is 373 g/mol. The number of rotatable bonds is 6. The topological polar surface area (TPSA) is 54.3 Å². The molecule has 0 radical (unpaired) electrons. The van der Waals surface area contributed by atoms with E-state index in [0.29, 0.717) is 19.0 Å². The van der Waals surface area contributed by atoms with E-state index in [1.165, 1.54) is 24.2 Å². The summed E-state index contributed by atoms with van der Waals surface area (Å²) in [7, 11) is 0. The third kappa shape index (κ3) is 4.83. The fourth-order valence-electron chi connectivity index (χ4n) is 3.20. The molecule has 2 fully saturated rings. The van der Waals surface area contributed by atoms with Crippen molar-refractivity contribution in [2.45, 2.75) is 58.5 Å². The van der Waals surface area contributed by atoms with Gasteiger partial charge in [0.05, 0.1) is 0 Å². The van der Waals surface area contributed by atoms with E-state index in [2.05, 4.69) is 5.32 Å². The summed E-state index contributed by atoms with van der Waals surface area (Å²) in [5, 5.41) is 3.64. The van der Waals surface area contributed by atoms with Crippen LogP contribution in [0.25, 0.3) is 0 Å². The van der Waals surface area contributed by atoms with Crippen LogP contribution in [-0.4, -0.2) is 41.1 Å². The lowest BCUT2D eigenvalue weighted by molar-refractivity contribution is -0.132. The van der Waals surface area contributed by atoms with E-state index in [1.54, 1.807) is 4.57 Å².